The number of nitrogens with zero attached hydrogens (tertiary/aromatic N) is 2. The van der Waals surface area contributed by atoms with Gasteiger partial charge in [0, 0.05) is 20.0 Å². The molecule has 0 unspecified atom stereocenters. The molecule has 1 heterocycles. The van der Waals surface area contributed by atoms with Crippen LogP contribution in [0.3, 0.4) is 0 Å². The van der Waals surface area contributed by atoms with E-state index in [1.165, 1.54) is 14.0 Å². The van der Waals surface area contributed by atoms with E-state index in [1.807, 2.05) is 0 Å². The van der Waals surface area contributed by atoms with Gasteiger partial charge in [-0.1, -0.05) is 0 Å². The molecule has 6 heteroatoms. The molecule has 6 nitrogen and oxygen atoms in total. The van der Waals surface area contributed by atoms with Gasteiger partial charge in [0.1, 0.15) is 5.54 Å². The van der Waals surface area contributed by atoms with Crippen molar-refractivity contribution in [1.82, 2.24) is 10.2 Å². The Bertz CT molecular complexity index is 340. The van der Waals surface area contributed by atoms with Gasteiger partial charge in [0.05, 0.1) is 19.7 Å². The van der Waals surface area contributed by atoms with Crippen molar-refractivity contribution in [3.8, 4) is 6.07 Å². The van der Waals surface area contributed by atoms with Gasteiger partial charge in [-0.2, -0.15) is 5.26 Å². The molecule has 94 valence electrons. The predicted octanol–water partition coefficient (Wildman–Crippen LogP) is -0.346. The van der Waals surface area contributed by atoms with E-state index in [4.69, 9.17) is 0 Å². The van der Waals surface area contributed by atoms with Gasteiger partial charge < -0.3 is 9.64 Å². The number of hydrogen-bond acceptors (Lipinski definition) is 5. The van der Waals surface area contributed by atoms with Gasteiger partial charge >= 0.3 is 5.97 Å². The standard InChI is InChI=1S/C11H17N3O3/c1-9(15)14-5-3-11(8-12,4-6-14)13-7-10(16)17-2/h13H,3-7H2,1-2H3. The highest BCUT2D eigenvalue weighted by Crippen LogP contribution is 2.21. The van der Waals surface area contributed by atoms with Crippen molar-refractivity contribution >= 4 is 11.9 Å². The van der Waals surface area contributed by atoms with E-state index >= 15 is 0 Å². The monoisotopic (exact) mass is 239 g/mol. The molecule has 0 saturated carbocycles. The van der Waals surface area contributed by atoms with Gasteiger partial charge in [-0.05, 0) is 12.8 Å². The zero-order chi connectivity index (χ0) is 12.9. The Morgan fingerprint density at radius 1 is 1.47 bits per heavy atom. The SMILES string of the molecule is COC(=O)CNC1(C#N)CCN(C(C)=O)CC1. The number of carbonyl (C=O) groups is 2. The highest BCUT2D eigenvalue weighted by atomic mass is 16.5. The normalized spacial score (nSPS) is 18.3. The zero-order valence-corrected chi connectivity index (χ0v) is 10.2. The predicted molar refractivity (Wildman–Crippen MR) is 59.9 cm³/mol. The van der Waals surface area contributed by atoms with Crippen LogP contribution in [-0.2, 0) is 14.3 Å². The Kier molecular flexibility index (Phi) is 4.46. The molecule has 1 aliphatic heterocycles. The number of likely N-dealkylation sites (tertiary alicyclic amines) is 1. The number of methoxy groups -OCH3 is 1. The zero-order valence-electron chi connectivity index (χ0n) is 10.2. The Hall–Kier alpha value is -1.61. The highest BCUT2D eigenvalue weighted by molar-refractivity contribution is 5.73. The molecular formula is C11H17N3O3. The van der Waals surface area contributed by atoms with Gasteiger partial charge in [0.2, 0.25) is 5.91 Å². The number of piperidine rings is 1. The van der Waals surface area contributed by atoms with E-state index in [-0.39, 0.29) is 12.5 Å². The van der Waals surface area contributed by atoms with Crippen LogP contribution in [0.15, 0.2) is 0 Å². The molecule has 0 spiro atoms. The molecule has 0 aromatic heterocycles. The minimum Gasteiger partial charge on any atom is -0.468 e. The van der Waals surface area contributed by atoms with Crippen molar-refractivity contribution < 1.29 is 14.3 Å². The summed E-state index contributed by atoms with van der Waals surface area (Å²) in [4.78, 5) is 23.9. The second-order valence-electron chi connectivity index (χ2n) is 4.13. The Morgan fingerprint density at radius 3 is 2.47 bits per heavy atom. The van der Waals surface area contributed by atoms with Crippen molar-refractivity contribution in [2.75, 3.05) is 26.7 Å². The Morgan fingerprint density at radius 2 is 2.06 bits per heavy atom. The van der Waals surface area contributed by atoms with Crippen LogP contribution in [0.2, 0.25) is 0 Å². The quantitative estimate of drug-likeness (QED) is 0.681. The van der Waals surface area contributed by atoms with E-state index in [9.17, 15) is 14.9 Å². The number of hydrogen-bond donors (Lipinski definition) is 1. The van der Waals surface area contributed by atoms with Crippen LogP contribution in [0.25, 0.3) is 0 Å². The van der Waals surface area contributed by atoms with Crippen molar-refractivity contribution in [3.63, 3.8) is 0 Å². The van der Waals surface area contributed by atoms with Crippen molar-refractivity contribution in [3.05, 3.63) is 0 Å². The lowest BCUT2D eigenvalue weighted by atomic mass is 9.89. The lowest BCUT2D eigenvalue weighted by molar-refractivity contribution is -0.140. The number of amides is 1. The Balaban J connectivity index is 2.53. The average molecular weight is 239 g/mol. The van der Waals surface area contributed by atoms with Gasteiger partial charge in [0.25, 0.3) is 0 Å². The minimum absolute atomic E-state index is 0.0180. The van der Waals surface area contributed by atoms with Gasteiger partial charge in [-0.3, -0.25) is 14.9 Å². The number of rotatable bonds is 3. The van der Waals surface area contributed by atoms with Crippen LogP contribution < -0.4 is 5.32 Å². The summed E-state index contributed by atoms with van der Waals surface area (Å²) in [7, 11) is 1.31. The molecular weight excluding hydrogens is 222 g/mol. The molecule has 0 aromatic rings. The van der Waals surface area contributed by atoms with Crippen LogP contribution >= 0.6 is 0 Å². The van der Waals surface area contributed by atoms with Gasteiger partial charge in [-0.25, -0.2) is 0 Å². The molecule has 0 bridgehead atoms. The van der Waals surface area contributed by atoms with Gasteiger partial charge in [0.15, 0.2) is 0 Å². The topological polar surface area (TPSA) is 82.4 Å². The Labute approximate surface area is 101 Å². The lowest BCUT2D eigenvalue weighted by Gasteiger charge is -2.37. The van der Waals surface area contributed by atoms with Crippen LogP contribution in [0.4, 0.5) is 0 Å². The first kappa shape index (κ1) is 13.5. The molecule has 0 radical (unpaired) electrons. The third-order valence-corrected chi connectivity index (χ3v) is 3.08. The fourth-order valence-corrected chi connectivity index (χ4v) is 1.84. The fraction of sp³-hybridized carbons (Fsp3) is 0.727. The summed E-state index contributed by atoms with van der Waals surface area (Å²) in [5, 5.41) is 12.1. The summed E-state index contributed by atoms with van der Waals surface area (Å²) in [6.45, 7) is 2.61. The summed E-state index contributed by atoms with van der Waals surface area (Å²) in [5.41, 5.74) is -0.722. The van der Waals surface area contributed by atoms with E-state index in [1.54, 1.807) is 4.90 Å². The maximum Gasteiger partial charge on any atom is 0.319 e. The van der Waals surface area contributed by atoms with Crippen LogP contribution in [0.1, 0.15) is 19.8 Å². The first-order valence-electron chi connectivity index (χ1n) is 5.51. The number of nitriles is 1. The second-order valence-corrected chi connectivity index (χ2v) is 4.13. The third kappa shape index (κ3) is 3.43. The first-order valence-corrected chi connectivity index (χ1v) is 5.51. The average Bonchev–Trinajstić information content (AvgIpc) is 2.36. The van der Waals surface area contributed by atoms with Gasteiger partial charge in [-0.15, -0.1) is 0 Å². The fourth-order valence-electron chi connectivity index (χ4n) is 1.84. The maximum atomic E-state index is 11.2. The largest absolute Gasteiger partial charge is 0.468 e. The molecule has 1 N–H and O–H groups in total. The summed E-state index contributed by atoms with van der Waals surface area (Å²) in [6.07, 6.45) is 1.06. The maximum absolute atomic E-state index is 11.2. The van der Waals surface area contributed by atoms with E-state index in [0.29, 0.717) is 25.9 Å². The molecule has 17 heavy (non-hydrogen) atoms. The smallest absolute Gasteiger partial charge is 0.319 e. The minimum atomic E-state index is -0.722. The lowest BCUT2D eigenvalue weighted by Crippen LogP contribution is -2.54. The summed E-state index contributed by atoms with van der Waals surface area (Å²) >= 11 is 0. The molecule has 0 atom stereocenters. The van der Waals surface area contributed by atoms with Crippen LogP contribution in [0, 0.1) is 11.3 Å². The van der Waals surface area contributed by atoms with Crippen molar-refractivity contribution in [1.29, 1.82) is 5.26 Å². The first-order chi connectivity index (χ1) is 8.03. The third-order valence-electron chi connectivity index (χ3n) is 3.08. The summed E-state index contributed by atoms with van der Waals surface area (Å²) in [5.74, 6) is -0.377. The van der Waals surface area contributed by atoms with Crippen LogP contribution in [0.5, 0.6) is 0 Å². The summed E-state index contributed by atoms with van der Waals surface area (Å²) < 4.78 is 4.51. The molecule has 0 aliphatic carbocycles. The molecule has 1 amide bonds. The van der Waals surface area contributed by atoms with E-state index in [2.05, 4.69) is 16.1 Å². The van der Waals surface area contributed by atoms with Crippen molar-refractivity contribution in [2.45, 2.75) is 25.3 Å². The van der Waals surface area contributed by atoms with E-state index < -0.39 is 11.5 Å². The molecule has 1 fully saturated rings. The number of ether oxygens (including phenoxy) is 1. The molecule has 1 rings (SSSR count). The van der Waals surface area contributed by atoms with Crippen LogP contribution in [-0.4, -0.2) is 49.1 Å². The number of nitrogens with one attached hydrogen (secondary N) is 1. The van der Waals surface area contributed by atoms with Crippen molar-refractivity contribution in [2.24, 2.45) is 0 Å². The molecule has 0 aromatic carbocycles. The molecule has 1 aliphatic rings. The number of carbonyl (C=O) groups excluding carboxylic acids is 2. The van der Waals surface area contributed by atoms with E-state index in [0.717, 1.165) is 0 Å². The summed E-state index contributed by atoms with van der Waals surface area (Å²) in [6, 6.07) is 2.20. The second kappa shape index (κ2) is 5.64. The number of esters is 1. The molecule has 1 saturated heterocycles. The highest BCUT2D eigenvalue weighted by Gasteiger charge is 2.35.